The highest BCUT2D eigenvalue weighted by Crippen LogP contribution is 2.38. The molecule has 8 nitrogen and oxygen atoms in total. The maximum Gasteiger partial charge on any atom is 0.280 e. The summed E-state index contributed by atoms with van der Waals surface area (Å²) in [6.45, 7) is 0. The third kappa shape index (κ3) is 5.23. The fraction of sp³-hybridized carbons (Fsp3) is 0.160. The Morgan fingerprint density at radius 1 is 0.971 bits per heavy atom. The van der Waals surface area contributed by atoms with Crippen LogP contribution in [0.5, 0.6) is 23.0 Å². The summed E-state index contributed by atoms with van der Waals surface area (Å²) in [5.41, 5.74) is 1.84. The lowest BCUT2D eigenvalue weighted by Gasteiger charge is -2.15. The van der Waals surface area contributed by atoms with Gasteiger partial charge in [0.2, 0.25) is 10.9 Å². The van der Waals surface area contributed by atoms with Gasteiger partial charge >= 0.3 is 0 Å². The van der Waals surface area contributed by atoms with Crippen molar-refractivity contribution in [3.63, 3.8) is 0 Å². The summed E-state index contributed by atoms with van der Waals surface area (Å²) < 4.78 is 23.2. The van der Waals surface area contributed by atoms with Gasteiger partial charge in [-0.15, -0.1) is 0 Å². The molecule has 4 rings (SSSR count). The molecule has 0 atom stereocenters. The molecule has 4 aromatic rings. The van der Waals surface area contributed by atoms with E-state index in [0.717, 1.165) is 14.7 Å². The number of benzene rings is 3. The van der Waals surface area contributed by atoms with E-state index in [1.54, 1.807) is 43.7 Å². The minimum atomic E-state index is -0.332. The van der Waals surface area contributed by atoms with Crippen LogP contribution in [0.4, 0.5) is 5.13 Å². The number of hydrazone groups is 1. The van der Waals surface area contributed by atoms with E-state index < -0.39 is 0 Å². The molecule has 0 saturated carbocycles. The molecule has 0 bridgehead atoms. The molecule has 35 heavy (non-hydrogen) atoms. The third-order valence-corrected chi connectivity index (χ3v) is 6.53. The fourth-order valence-corrected chi connectivity index (χ4v) is 4.69. The standard InChI is InChI=1S/C25H22BrN3O5S/c1-31-18-8-9-19-22(13-18)35-25(28-19)29(24(30)16-6-5-7-17(26)12-16)27-14-15-10-20(32-2)23(34-4)21(11-15)33-3/h5-14H,1-4H3/b27-14+. The zero-order valence-corrected chi connectivity index (χ0v) is 21.8. The van der Waals surface area contributed by atoms with Crippen molar-refractivity contribution in [2.45, 2.75) is 0 Å². The number of aromatic nitrogens is 1. The molecule has 0 N–H and O–H groups in total. The lowest BCUT2D eigenvalue weighted by Crippen LogP contribution is -2.25. The first-order chi connectivity index (χ1) is 17.0. The molecular weight excluding hydrogens is 534 g/mol. The van der Waals surface area contributed by atoms with Gasteiger partial charge < -0.3 is 18.9 Å². The Balaban J connectivity index is 1.79. The summed E-state index contributed by atoms with van der Waals surface area (Å²) in [5, 5.41) is 6.22. The number of ether oxygens (including phenoxy) is 4. The Labute approximate surface area is 214 Å². The Morgan fingerprint density at radius 3 is 2.34 bits per heavy atom. The molecule has 1 aromatic heterocycles. The number of rotatable bonds is 8. The molecule has 180 valence electrons. The highest BCUT2D eigenvalue weighted by atomic mass is 79.9. The second-order valence-electron chi connectivity index (χ2n) is 7.16. The van der Waals surface area contributed by atoms with Crippen LogP contribution in [-0.4, -0.2) is 45.5 Å². The second kappa shape index (κ2) is 10.7. The molecule has 10 heteroatoms. The number of hydrogen-bond acceptors (Lipinski definition) is 8. The van der Waals surface area contributed by atoms with Crippen molar-refractivity contribution in [2.24, 2.45) is 5.10 Å². The van der Waals surface area contributed by atoms with Gasteiger partial charge in [-0.1, -0.05) is 33.3 Å². The zero-order valence-electron chi connectivity index (χ0n) is 19.4. The Hall–Kier alpha value is -3.63. The number of hydrogen-bond donors (Lipinski definition) is 0. The number of amides is 1. The topological polar surface area (TPSA) is 82.5 Å². The summed E-state index contributed by atoms with van der Waals surface area (Å²) in [7, 11) is 6.22. The number of methoxy groups -OCH3 is 4. The summed E-state index contributed by atoms with van der Waals surface area (Å²) >= 11 is 4.76. The van der Waals surface area contributed by atoms with Crippen molar-refractivity contribution < 1.29 is 23.7 Å². The zero-order chi connectivity index (χ0) is 24.9. The predicted octanol–water partition coefficient (Wildman–Crippen LogP) is 5.77. The number of nitrogens with zero attached hydrogens (tertiary/aromatic N) is 3. The lowest BCUT2D eigenvalue weighted by atomic mass is 10.2. The Morgan fingerprint density at radius 2 is 1.71 bits per heavy atom. The van der Waals surface area contributed by atoms with Gasteiger partial charge in [0.15, 0.2) is 11.5 Å². The van der Waals surface area contributed by atoms with Gasteiger partial charge in [-0.3, -0.25) is 4.79 Å². The van der Waals surface area contributed by atoms with Gasteiger partial charge in [-0.2, -0.15) is 10.1 Å². The molecule has 0 aliphatic carbocycles. The van der Waals surface area contributed by atoms with Crippen LogP contribution in [-0.2, 0) is 0 Å². The van der Waals surface area contributed by atoms with Crippen LogP contribution in [0, 0.1) is 0 Å². The quantitative estimate of drug-likeness (QED) is 0.202. The van der Waals surface area contributed by atoms with Gasteiger partial charge in [0.1, 0.15) is 5.75 Å². The molecule has 0 aliphatic heterocycles. The fourth-order valence-electron chi connectivity index (χ4n) is 3.34. The summed E-state index contributed by atoms with van der Waals surface area (Å²) in [5.74, 6) is 1.80. The van der Waals surface area contributed by atoms with E-state index in [1.165, 1.54) is 37.7 Å². The van der Waals surface area contributed by atoms with Crippen molar-refractivity contribution in [1.29, 1.82) is 0 Å². The van der Waals surface area contributed by atoms with Crippen molar-refractivity contribution in [2.75, 3.05) is 33.4 Å². The number of carbonyl (C=O) groups excluding carboxylic acids is 1. The highest BCUT2D eigenvalue weighted by molar-refractivity contribution is 9.10. The predicted molar refractivity (Wildman–Crippen MR) is 141 cm³/mol. The number of halogens is 1. The van der Waals surface area contributed by atoms with E-state index in [4.69, 9.17) is 18.9 Å². The maximum absolute atomic E-state index is 13.5. The number of thiazole rings is 1. The first kappa shape index (κ1) is 24.5. The van der Waals surface area contributed by atoms with Crippen LogP contribution in [0.2, 0.25) is 0 Å². The monoisotopic (exact) mass is 555 g/mol. The van der Waals surface area contributed by atoms with Gasteiger partial charge in [0, 0.05) is 15.6 Å². The molecular formula is C25H22BrN3O5S. The van der Waals surface area contributed by atoms with E-state index in [9.17, 15) is 4.79 Å². The van der Waals surface area contributed by atoms with Crippen molar-refractivity contribution >= 4 is 54.7 Å². The summed E-state index contributed by atoms with van der Waals surface area (Å²) in [6, 6.07) is 16.1. The van der Waals surface area contributed by atoms with E-state index in [1.807, 2.05) is 24.3 Å². The number of carbonyl (C=O) groups is 1. The van der Waals surface area contributed by atoms with Crippen molar-refractivity contribution in [3.05, 3.63) is 70.2 Å². The van der Waals surface area contributed by atoms with E-state index in [2.05, 4.69) is 26.0 Å². The van der Waals surface area contributed by atoms with Crippen LogP contribution in [0.1, 0.15) is 15.9 Å². The van der Waals surface area contributed by atoms with Gasteiger partial charge in [0.25, 0.3) is 5.91 Å². The van der Waals surface area contributed by atoms with Crippen LogP contribution < -0.4 is 24.0 Å². The molecule has 0 radical (unpaired) electrons. The highest BCUT2D eigenvalue weighted by Gasteiger charge is 2.22. The minimum absolute atomic E-state index is 0.332. The van der Waals surface area contributed by atoms with E-state index in [0.29, 0.717) is 39.3 Å². The van der Waals surface area contributed by atoms with Gasteiger partial charge in [-0.05, 0) is 48.5 Å². The largest absolute Gasteiger partial charge is 0.497 e. The molecule has 0 aliphatic rings. The Bertz CT molecular complexity index is 1380. The normalized spacial score (nSPS) is 11.0. The molecule has 0 saturated heterocycles. The van der Waals surface area contributed by atoms with Crippen LogP contribution in [0.25, 0.3) is 10.2 Å². The second-order valence-corrected chi connectivity index (χ2v) is 9.09. The average Bonchev–Trinajstić information content (AvgIpc) is 3.30. The number of fused-ring (bicyclic) bond motifs is 1. The van der Waals surface area contributed by atoms with Crippen LogP contribution in [0.15, 0.2) is 64.2 Å². The summed E-state index contributed by atoms with van der Waals surface area (Å²) in [6.07, 6.45) is 1.55. The lowest BCUT2D eigenvalue weighted by molar-refractivity contribution is 0.0988. The van der Waals surface area contributed by atoms with Crippen LogP contribution in [0.3, 0.4) is 0 Å². The molecule has 1 amide bonds. The number of anilines is 1. The third-order valence-electron chi connectivity index (χ3n) is 5.04. The first-order valence-electron chi connectivity index (χ1n) is 10.4. The van der Waals surface area contributed by atoms with Gasteiger partial charge in [0.05, 0.1) is 44.9 Å². The minimum Gasteiger partial charge on any atom is -0.497 e. The molecule has 1 heterocycles. The molecule has 0 unspecified atom stereocenters. The molecule has 0 fully saturated rings. The van der Waals surface area contributed by atoms with Gasteiger partial charge in [-0.25, -0.2) is 4.98 Å². The molecule has 3 aromatic carbocycles. The van der Waals surface area contributed by atoms with Crippen molar-refractivity contribution in [1.82, 2.24) is 4.98 Å². The van der Waals surface area contributed by atoms with Crippen LogP contribution >= 0.6 is 27.3 Å². The first-order valence-corrected chi connectivity index (χ1v) is 12.0. The summed E-state index contributed by atoms with van der Waals surface area (Å²) in [4.78, 5) is 18.2. The average molecular weight is 556 g/mol. The SMILES string of the molecule is COc1ccc2nc(N(/N=C/c3cc(OC)c(OC)c(OC)c3)C(=O)c3cccc(Br)c3)sc2c1. The van der Waals surface area contributed by atoms with Crippen molar-refractivity contribution in [3.8, 4) is 23.0 Å². The smallest absolute Gasteiger partial charge is 0.280 e. The Kier molecular flexibility index (Phi) is 7.52. The molecule has 0 spiro atoms. The van der Waals surface area contributed by atoms with E-state index in [-0.39, 0.29) is 5.91 Å². The van der Waals surface area contributed by atoms with E-state index >= 15 is 0 Å². The maximum atomic E-state index is 13.5.